The van der Waals surface area contributed by atoms with Crippen molar-refractivity contribution in [1.29, 1.82) is 0 Å². The fourth-order valence-electron chi connectivity index (χ4n) is 1.91. The predicted molar refractivity (Wildman–Crippen MR) is 92.0 cm³/mol. The highest BCUT2D eigenvalue weighted by atomic mass is 79.9. The highest BCUT2D eigenvalue weighted by molar-refractivity contribution is 9.10. The van der Waals surface area contributed by atoms with Crippen LogP contribution in [0.25, 0.3) is 10.8 Å². The second-order valence-electron chi connectivity index (χ2n) is 4.23. The third kappa shape index (κ3) is 2.81. The lowest BCUT2D eigenvalue weighted by Crippen LogP contribution is -1.98. The molecule has 0 amide bonds. The maximum absolute atomic E-state index is 6.23. The first-order valence-corrected chi connectivity index (χ1v) is 7.82. The molecule has 3 aromatic rings. The molecule has 7 heteroatoms. The summed E-state index contributed by atoms with van der Waals surface area (Å²) in [5.74, 6) is 0.565. The largest absolute Gasteiger partial charge is 0.337 e. The molecule has 0 unspecified atom stereocenters. The molecule has 0 saturated carbocycles. The van der Waals surface area contributed by atoms with Crippen molar-refractivity contribution >= 4 is 73.0 Å². The van der Waals surface area contributed by atoms with E-state index in [0.29, 0.717) is 26.7 Å². The van der Waals surface area contributed by atoms with E-state index in [-0.39, 0.29) is 0 Å². The van der Waals surface area contributed by atoms with E-state index < -0.39 is 0 Å². The fraction of sp³-hybridized carbons (Fsp3) is 0. The molecule has 21 heavy (non-hydrogen) atoms. The lowest BCUT2D eigenvalue weighted by Gasteiger charge is -2.11. The van der Waals surface area contributed by atoms with Gasteiger partial charge in [0.15, 0.2) is 11.0 Å². The molecule has 1 N–H and O–H groups in total. The Bertz CT molecular complexity index is 839. The Hall–Kier alpha value is -1.07. The van der Waals surface area contributed by atoms with Gasteiger partial charge in [-0.05, 0) is 28.1 Å². The van der Waals surface area contributed by atoms with Gasteiger partial charge in [0, 0.05) is 15.2 Å². The topological polar surface area (TPSA) is 37.8 Å². The minimum atomic E-state index is 0.357. The van der Waals surface area contributed by atoms with E-state index >= 15 is 0 Å². The van der Waals surface area contributed by atoms with Crippen LogP contribution in [0.1, 0.15) is 0 Å². The van der Waals surface area contributed by atoms with E-state index in [4.69, 9.17) is 34.8 Å². The van der Waals surface area contributed by atoms with Crippen LogP contribution in [0.2, 0.25) is 15.2 Å². The van der Waals surface area contributed by atoms with E-state index in [9.17, 15) is 0 Å². The summed E-state index contributed by atoms with van der Waals surface area (Å²) in [7, 11) is 0. The second kappa shape index (κ2) is 5.97. The van der Waals surface area contributed by atoms with Gasteiger partial charge in [-0.3, -0.25) is 0 Å². The molecule has 0 bridgehead atoms. The summed E-state index contributed by atoms with van der Waals surface area (Å²) < 4.78 is 0.728. The monoisotopic (exact) mass is 401 g/mol. The molecule has 106 valence electrons. The molecule has 0 fully saturated rings. The lowest BCUT2D eigenvalue weighted by atomic mass is 10.2. The number of hydrogen-bond donors (Lipinski definition) is 1. The van der Waals surface area contributed by atoms with Crippen LogP contribution >= 0.6 is 50.7 Å². The highest BCUT2D eigenvalue weighted by Crippen LogP contribution is 2.38. The fourth-order valence-corrected chi connectivity index (χ4v) is 2.94. The van der Waals surface area contributed by atoms with Crippen molar-refractivity contribution < 1.29 is 0 Å². The molecule has 1 heterocycles. The third-order valence-electron chi connectivity index (χ3n) is 2.93. The number of nitrogens with one attached hydrogen (secondary N) is 1. The van der Waals surface area contributed by atoms with Crippen molar-refractivity contribution in [3.63, 3.8) is 0 Å². The molecule has 0 spiro atoms. The van der Waals surface area contributed by atoms with Crippen molar-refractivity contribution in [2.75, 3.05) is 5.32 Å². The number of nitrogens with zero attached hydrogens (tertiary/aromatic N) is 2. The number of rotatable bonds is 2. The van der Waals surface area contributed by atoms with Gasteiger partial charge in [-0.15, -0.1) is 10.2 Å². The highest BCUT2D eigenvalue weighted by Gasteiger charge is 2.12. The first-order chi connectivity index (χ1) is 10.1. The van der Waals surface area contributed by atoms with E-state index in [1.165, 1.54) is 0 Å². The van der Waals surface area contributed by atoms with Crippen LogP contribution in [-0.2, 0) is 0 Å². The molecular weight excluding hydrogens is 396 g/mol. The van der Waals surface area contributed by atoms with Crippen LogP contribution < -0.4 is 5.32 Å². The molecule has 0 aliphatic heterocycles. The molecule has 0 atom stereocenters. The molecule has 2 aromatic carbocycles. The Kier molecular flexibility index (Phi) is 4.22. The number of benzene rings is 2. The SMILES string of the molecule is Clc1c(Br)ccc(Nc2nnc(Cl)c3ccccc23)c1Cl. The van der Waals surface area contributed by atoms with Crippen molar-refractivity contribution in [3.8, 4) is 0 Å². The first kappa shape index (κ1) is 14.9. The van der Waals surface area contributed by atoms with Gasteiger partial charge in [-0.1, -0.05) is 59.1 Å². The Morgan fingerprint density at radius 2 is 1.57 bits per heavy atom. The Morgan fingerprint density at radius 3 is 2.33 bits per heavy atom. The van der Waals surface area contributed by atoms with E-state index in [0.717, 1.165) is 15.2 Å². The van der Waals surface area contributed by atoms with E-state index in [1.54, 1.807) is 0 Å². The normalized spacial score (nSPS) is 10.9. The van der Waals surface area contributed by atoms with E-state index in [2.05, 4.69) is 31.4 Å². The average molecular weight is 403 g/mol. The summed E-state index contributed by atoms with van der Waals surface area (Å²) in [5, 5.41) is 14.0. The smallest absolute Gasteiger partial charge is 0.161 e. The maximum Gasteiger partial charge on any atom is 0.161 e. The van der Waals surface area contributed by atoms with E-state index in [1.807, 2.05) is 36.4 Å². The van der Waals surface area contributed by atoms with Gasteiger partial charge < -0.3 is 5.32 Å². The quantitative estimate of drug-likeness (QED) is 0.526. The second-order valence-corrected chi connectivity index (χ2v) is 6.20. The van der Waals surface area contributed by atoms with Crippen LogP contribution in [0.3, 0.4) is 0 Å². The molecule has 3 rings (SSSR count). The number of anilines is 2. The first-order valence-electron chi connectivity index (χ1n) is 5.89. The van der Waals surface area contributed by atoms with Crippen LogP contribution in [0.4, 0.5) is 11.5 Å². The Balaban J connectivity index is 2.11. The standard InChI is InChI=1S/C14H7BrCl3N3/c15-9-5-6-10(12(17)11(9)16)19-14-8-4-2-1-3-7(8)13(18)20-21-14/h1-6H,(H,19,21). The summed E-state index contributed by atoms with van der Waals surface area (Å²) >= 11 is 21.7. The van der Waals surface area contributed by atoms with Crippen molar-refractivity contribution in [2.45, 2.75) is 0 Å². The summed E-state index contributed by atoms with van der Waals surface area (Å²) in [6.07, 6.45) is 0. The summed E-state index contributed by atoms with van der Waals surface area (Å²) in [5.41, 5.74) is 0.645. The zero-order chi connectivity index (χ0) is 15.0. The molecule has 0 radical (unpaired) electrons. The van der Waals surface area contributed by atoms with Gasteiger partial charge in [0.2, 0.25) is 0 Å². The third-order valence-corrected chi connectivity index (χ3v) is 4.98. The van der Waals surface area contributed by atoms with Crippen LogP contribution in [0.5, 0.6) is 0 Å². The number of halogens is 4. The molecular formula is C14H7BrCl3N3. The van der Waals surface area contributed by atoms with Gasteiger partial charge in [0.05, 0.1) is 15.7 Å². The Labute approximate surface area is 144 Å². The number of hydrogen-bond acceptors (Lipinski definition) is 3. The van der Waals surface area contributed by atoms with Crippen molar-refractivity contribution in [1.82, 2.24) is 10.2 Å². The maximum atomic E-state index is 6.23. The van der Waals surface area contributed by atoms with Crippen LogP contribution in [0, 0.1) is 0 Å². The van der Waals surface area contributed by atoms with Crippen molar-refractivity contribution in [2.24, 2.45) is 0 Å². The summed E-state index contributed by atoms with van der Waals surface area (Å²) in [4.78, 5) is 0. The molecule has 3 nitrogen and oxygen atoms in total. The minimum absolute atomic E-state index is 0.357. The zero-order valence-electron chi connectivity index (χ0n) is 10.4. The molecule has 1 aromatic heterocycles. The molecule has 0 saturated heterocycles. The minimum Gasteiger partial charge on any atom is -0.337 e. The lowest BCUT2D eigenvalue weighted by molar-refractivity contribution is 1.05. The average Bonchev–Trinajstić information content (AvgIpc) is 2.50. The molecule has 0 aliphatic carbocycles. The molecule has 0 aliphatic rings. The predicted octanol–water partition coefficient (Wildman–Crippen LogP) is 6.10. The summed E-state index contributed by atoms with van der Waals surface area (Å²) in [6.45, 7) is 0. The number of fused-ring (bicyclic) bond motifs is 1. The van der Waals surface area contributed by atoms with Crippen LogP contribution in [-0.4, -0.2) is 10.2 Å². The van der Waals surface area contributed by atoms with Gasteiger partial charge in [0.1, 0.15) is 0 Å². The van der Waals surface area contributed by atoms with Crippen LogP contribution in [0.15, 0.2) is 40.9 Å². The number of aromatic nitrogens is 2. The van der Waals surface area contributed by atoms with Gasteiger partial charge in [-0.25, -0.2) is 0 Å². The zero-order valence-corrected chi connectivity index (χ0v) is 14.2. The summed E-state index contributed by atoms with van der Waals surface area (Å²) in [6, 6.07) is 11.2. The van der Waals surface area contributed by atoms with Gasteiger partial charge in [0.25, 0.3) is 0 Å². The van der Waals surface area contributed by atoms with Crippen molar-refractivity contribution in [3.05, 3.63) is 56.1 Å². The van der Waals surface area contributed by atoms with Gasteiger partial charge in [-0.2, -0.15) is 0 Å². The Morgan fingerprint density at radius 1 is 0.857 bits per heavy atom. The van der Waals surface area contributed by atoms with Gasteiger partial charge >= 0.3 is 0 Å².